The predicted molar refractivity (Wildman–Crippen MR) is 212 cm³/mol. The maximum Gasteiger partial charge on any atom is 0.472 e. The molecule has 0 aliphatic carbocycles. The summed E-state index contributed by atoms with van der Waals surface area (Å²) in [6.07, 6.45) is 38.8. The lowest BCUT2D eigenvalue weighted by Crippen LogP contribution is -2.29. The summed E-state index contributed by atoms with van der Waals surface area (Å²) >= 11 is 0. The second-order valence-corrected chi connectivity index (χ2v) is 14.4. The van der Waals surface area contributed by atoms with Crippen LogP contribution in [-0.4, -0.2) is 60.5 Å². The second kappa shape index (κ2) is 37.0. The van der Waals surface area contributed by atoms with E-state index in [1.165, 1.54) is 25.7 Å². The van der Waals surface area contributed by atoms with E-state index in [0.29, 0.717) is 19.3 Å². The Balaban J connectivity index is 4.37. The van der Waals surface area contributed by atoms with Gasteiger partial charge in [0.05, 0.1) is 19.3 Å². The average molecular weight is 754 g/mol. The molecular formula is C41H72NO9P. The Kier molecular flexibility index (Phi) is 35.3. The molecule has 0 spiro atoms. The first-order valence-electron chi connectivity index (χ1n) is 19.9. The number of carbonyl (C=O) groups excluding carboxylic acids is 2. The number of carbonyl (C=O) groups is 2. The van der Waals surface area contributed by atoms with E-state index in [1.54, 1.807) is 0 Å². The van der Waals surface area contributed by atoms with Crippen LogP contribution in [0.2, 0.25) is 0 Å². The number of phosphoric acid groups is 1. The zero-order valence-corrected chi connectivity index (χ0v) is 33.3. The molecule has 10 nitrogen and oxygen atoms in total. The number of unbranched alkanes of at least 4 members (excludes halogenated alkanes) is 11. The van der Waals surface area contributed by atoms with Gasteiger partial charge in [0.25, 0.3) is 0 Å². The molecule has 0 amide bonds. The van der Waals surface area contributed by atoms with Crippen LogP contribution in [0.25, 0.3) is 0 Å². The van der Waals surface area contributed by atoms with Crippen molar-refractivity contribution in [3.05, 3.63) is 60.8 Å². The maximum atomic E-state index is 12.5. The molecule has 0 fully saturated rings. The van der Waals surface area contributed by atoms with E-state index in [2.05, 4.69) is 50.3 Å². The monoisotopic (exact) mass is 753 g/mol. The molecule has 0 bridgehead atoms. The third kappa shape index (κ3) is 36.0. The van der Waals surface area contributed by atoms with Gasteiger partial charge >= 0.3 is 19.8 Å². The van der Waals surface area contributed by atoms with E-state index in [0.717, 1.165) is 77.0 Å². The molecule has 0 rings (SSSR count). The zero-order valence-electron chi connectivity index (χ0n) is 32.4. The molecule has 0 aliphatic heterocycles. The van der Waals surface area contributed by atoms with Crippen molar-refractivity contribution in [2.75, 3.05) is 26.4 Å². The molecule has 0 heterocycles. The van der Waals surface area contributed by atoms with E-state index in [9.17, 15) is 24.2 Å². The second-order valence-electron chi connectivity index (χ2n) is 13.0. The van der Waals surface area contributed by atoms with Gasteiger partial charge in [-0.3, -0.25) is 18.6 Å². The maximum absolute atomic E-state index is 12.5. The zero-order chi connectivity index (χ0) is 38.4. The van der Waals surface area contributed by atoms with Crippen LogP contribution in [0.5, 0.6) is 0 Å². The van der Waals surface area contributed by atoms with Crippen LogP contribution in [-0.2, 0) is 32.7 Å². The van der Waals surface area contributed by atoms with E-state index in [1.807, 2.05) is 24.3 Å². The number of ether oxygens (including phenoxy) is 2. The molecular weight excluding hydrogens is 681 g/mol. The molecule has 0 aromatic heterocycles. The molecule has 0 saturated heterocycles. The van der Waals surface area contributed by atoms with Gasteiger partial charge in [0.1, 0.15) is 6.61 Å². The fraction of sp³-hybridized carbons (Fsp3) is 0.707. The van der Waals surface area contributed by atoms with Crippen LogP contribution >= 0.6 is 7.82 Å². The minimum Gasteiger partial charge on any atom is -0.462 e. The van der Waals surface area contributed by atoms with Gasteiger partial charge in [-0.15, -0.1) is 0 Å². The summed E-state index contributed by atoms with van der Waals surface area (Å²) in [5.74, 6) is -0.933. The molecule has 0 aromatic rings. The van der Waals surface area contributed by atoms with Crippen LogP contribution in [0.4, 0.5) is 0 Å². The smallest absolute Gasteiger partial charge is 0.462 e. The summed E-state index contributed by atoms with van der Waals surface area (Å²) < 4.78 is 32.6. The fourth-order valence-electron chi connectivity index (χ4n) is 4.93. The van der Waals surface area contributed by atoms with Gasteiger partial charge in [0, 0.05) is 19.4 Å². The Morgan fingerprint density at radius 2 is 1.19 bits per heavy atom. The Morgan fingerprint density at radius 3 is 1.85 bits per heavy atom. The van der Waals surface area contributed by atoms with Crippen LogP contribution in [0, 0.1) is 0 Å². The van der Waals surface area contributed by atoms with E-state index < -0.39 is 32.5 Å². The first-order valence-corrected chi connectivity index (χ1v) is 21.3. The quantitative estimate of drug-likeness (QED) is 0.0244. The predicted octanol–water partition coefficient (Wildman–Crippen LogP) is 9.91. The summed E-state index contributed by atoms with van der Waals surface area (Å²) in [4.78, 5) is 34.7. The normalized spacial score (nSPS) is 14.6. The third-order valence-corrected chi connectivity index (χ3v) is 8.93. The highest BCUT2D eigenvalue weighted by Crippen LogP contribution is 2.43. The molecule has 1 unspecified atom stereocenters. The molecule has 52 heavy (non-hydrogen) atoms. The summed E-state index contributed by atoms with van der Waals surface area (Å²) in [6, 6.07) is 0. The van der Waals surface area contributed by atoms with E-state index >= 15 is 0 Å². The van der Waals surface area contributed by atoms with E-state index in [4.69, 9.17) is 24.3 Å². The molecule has 0 radical (unpaired) electrons. The van der Waals surface area contributed by atoms with Gasteiger partial charge in [-0.1, -0.05) is 126 Å². The molecule has 0 aromatic carbocycles. The summed E-state index contributed by atoms with van der Waals surface area (Å²) in [7, 11) is -4.40. The van der Waals surface area contributed by atoms with Gasteiger partial charge in [0.2, 0.25) is 0 Å². The van der Waals surface area contributed by atoms with Crippen molar-refractivity contribution in [3.63, 3.8) is 0 Å². The topological polar surface area (TPSA) is 155 Å². The molecule has 0 aliphatic rings. The Hall–Kier alpha value is -2.33. The van der Waals surface area contributed by atoms with Crippen LogP contribution in [0.15, 0.2) is 60.8 Å². The van der Waals surface area contributed by atoms with Crippen molar-refractivity contribution >= 4 is 19.8 Å². The average Bonchev–Trinajstić information content (AvgIpc) is 3.13. The number of phosphoric ester groups is 1. The number of allylic oxidation sites excluding steroid dienone is 9. The summed E-state index contributed by atoms with van der Waals surface area (Å²) in [6.45, 7) is 3.45. The molecule has 11 heteroatoms. The van der Waals surface area contributed by atoms with Crippen molar-refractivity contribution in [3.8, 4) is 0 Å². The Morgan fingerprint density at radius 1 is 0.654 bits per heavy atom. The molecule has 0 saturated carbocycles. The number of rotatable bonds is 36. The lowest BCUT2D eigenvalue weighted by molar-refractivity contribution is -0.161. The highest BCUT2D eigenvalue weighted by atomic mass is 31.2. The number of aliphatic hydroxyl groups is 1. The lowest BCUT2D eigenvalue weighted by Gasteiger charge is -2.19. The third-order valence-electron chi connectivity index (χ3n) is 7.95. The van der Waals surface area contributed by atoms with Gasteiger partial charge < -0.3 is 25.2 Å². The minimum absolute atomic E-state index is 0.0344. The molecule has 3 atom stereocenters. The standard InChI is InChI=1S/C41H72NO9P/c1-3-5-7-8-9-10-11-12-16-19-22-25-28-32-40(44)48-36-39(37-50-52(46,47)49-35-34-42)51-41(45)33-29-26-23-20-17-14-13-15-18-21-24-27-31-38(43)30-6-4-2/h10-11,13-14,18,20-21,23,27,31,38-39,43H,3-9,12,15-17,19,22,24-26,28-30,32-37,42H2,1-2H3,(H,46,47)/b11-10-,14-13-,21-18-,23-20-,31-27-/t38-,39-/m1/s1. The largest absolute Gasteiger partial charge is 0.472 e. The first kappa shape index (κ1) is 49.7. The minimum atomic E-state index is -4.40. The van der Waals surface area contributed by atoms with Gasteiger partial charge in [0.15, 0.2) is 6.10 Å². The number of nitrogens with two attached hydrogens (primary N) is 1. The van der Waals surface area contributed by atoms with Gasteiger partial charge in [-0.2, -0.15) is 0 Å². The first-order chi connectivity index (χ1) is 25.2. The highest BCUT2D eigenvalue weighted by Gasteiger charge is 2.25. The number of hydrogen-bond acceptors (Lipinski definition) is 9. The van der Waals surface area contributed by atoms with Crippen molar-refractivity contribution in [1.82, 2.24) is 0 Å². The highest BCUT2D eigenvalue weighted by molar-refractivity contribution is 7.47. The van der Waals surface area contributed by atoms with Crippen molar-refractivity contribution in [2.24, 2.45) is 5.73 Å². The number of hydrogen-bond donors (Lipinski definition) is 3. The van der Waals surface area contributed by atoms with Crippen molar-refractivity contribution in [2.45, 2.75) is 161 Å². The number of aliphatic hydroxyl groups excluding tert-OH is 1. The van der Waals surface area contributed by atoms with Crippen LogP contribution in [0.3, 0.4) is 0 Å². The fourth-order valence-corrected chi connectivity index (χ4v) is 5.70. The summed E-state index contributed by atoms with van der Waals surface area (Å²) in [5, 5.41) is 9.80. The Labute approximate surface area is 315 Å². The lowest BCUT2D eigenvalue weighted by atomic mass is 10.1. The van der Waals surface area contributed by atoms with Crippen molar-refractivity contribution < 1.29 is 42.7 Å². The van der Waals surface area contributed by atoms with E-state index in [-0.39, 0.29) is 38.7 Å². The Bertz CT molecular complexity index is 1060. The van der Waals surface area contributed by atoms with Crippen molar-refractivity contribution in [1.29, 1.82) is 0 Å². The SMILES string of the molecule is CCCCCC/C=C\CCCCCCCC(=O)OC[C@H](COP(=O)(O)OCCN)OC(=O)CCC/C=C\C/C=C\C/C=C\C/C=C\[C@H](O)CCCC. The van der Waals surface area contributed by atoms with Crippen LogP contribution in [0.1, 0.15) is 149 Å². The molecule has 300 valence electrons. The van der Waals surface area contributed by atoms with Gasteiger partial charge in [-0.05, 0) is 70.6 Å². The van der Waals surface area contributed by atoms with Gasteiger partial charge in [-0.25, -0.2) is 4.57 Å². The number of esters is 2. The van der Waals surface area contributed by atoms with Crippen LogP contribution < -0.4 is 5.73 Å². The molecule has 4 N–H and O–H groups in total. The summed E-state index contributed by atoms with van der Waals surface area (Å²) in [5.41, 5.74) is 5.33.